The number of hydrogen-bond donors (Lipinski definition) is 1. The van der Waals surface area contributed by atoms with Gasteiger partial charge in [0.25, 0.3) is 5.91 Å². The van der Waals surface area contributed by atoms with Crippen molar-refractivity contribution in [3.8, 4) is 11.3 Å². The van der Waals surface area contributed by atoms with Gasteiger partial charge >= 0.3 is 0 Å². The largest absolute Gasteiger partial charge is 0.395 e. The molecule has 140 valence electrons. The third kappa shape index (κ3) is 3.66. The Bertz CT molecular complexity index is 1070. The Hall–Kier alpha value is -3.44. The third-order valence-electron chi connectivity index (χ3n) is 4.63. The number of carbonyl (C=O) groups is 1. The molecule has 4 aromatic rings. The summed E-state index contributed by atoms with van der Waals surface area (Å²) < 4.78 is 5.52. The SMILES string of the molecule is O=C(c1ccc2noc(-c3ccccc3)c2c1)N(CCO)Cc1ccccc1. The summed E-state index contributed by atoms with van der Waals surface area (Å²) in [5, 5.41) is 14.3. The molecule has 0 radical (unpaired) electrons. The molecule has 0 saturated heterocycles. The standard InChI is InChI=1S/C23H20N2O3/c26-14-13-25(16-17-7-3-1-4-8-17)23(27)19-11-12-21-20(15-19)22(28-24-21)18-9-5-2-6-10-18/h1-12,15,26H,13-14,16H2. The van der Waals surface area contributed by atoms with Crippen molar-refractivity contribution in [1.82, 2.24) is 10.1 Å². The fourth-order valence-corrected chi connectivity index (χ4v) is 3.23. The molecule has 5 nitrogen and oxygen atoms in total. The lowest BCUT2D eigenvalue weighted by molar-refractivity contribution is 0.0708. The summed E-state index contributed by atoms with van der Waals surface area (Å²) in [6.45, 7) is 0.609. The van der Waals surface area contributed by atoms with Crippen LogP contribution in [-0.4, -0.2) is 34.2 Å². The van der Waals surface area contributed by atoms with Crippen molar-refractivity contribution < 1.29 is 14.4 Å². The average molecular weight is 372 g/mol. The summed E-state index contributed by atoms with van der Waals surface area (Å²) in [5.74, 6) is 0.502. The van der Waals surface area contributed by atoms with Gasteiger partial charge in [-0.15, -0.1) is 0 Å². The Morgan fingerprint density at radius 1 is 0.964 bits per heavy atom. The Labute approximate surface area is 162 Å². The van der Waals surface area contributed by atoms with Gasteiger partial charge in [0.2, 0.25) is 0 Å². The summed E-state index contributed by atoms with van der Waals surface area (Å²) in [4.78, 5) is 14.8. The first kappa shape index (κ1) is 17.9. The topological polar surface area (TPSA) is 66.6 Å². The molecule has 1 amide bonds. The van der Waals surface area contributed by atoms with E-state index in [4.69, 9.17) is 4.52 Å². The second-order valence-electron chi connectivity index (χ2n) is 6.55. The molecule has 0 fully saturated rings. The van der Waals surface area contributed by atoms with Crippen LogP contribution in [0, 0.1) is 0 Å². The summed E-state index contributed by atoms with van der Waals surface area (Å²) in [5.41, 5.74) is 3.16. The number of benzene rings is 3. The van der Waals surface area contributed by atoms with E-state index in [2.05, 4.69) is 5.16 Å². The molecular weight excluding hydrogens is 352 g/mol. The maximum atomic E-state index is 13.1. The van der Waals surface area contributed by atoms with Crippen LogP contribution in [-0.2, 0) is 6.54 Å². The van der Waals surface area contributed by atoms with E-state index in [1.807, 2.05) is 66.7 Å². The monoisotopic (exact) mass is 372 g/mol. The van der Waals surface area contributed by atoms with Gasteiger partial charge in [0, 0.05) is 24.2 Å². The minimum Gasteiger partial charge on any atom is -0.395 e. The lowest BCUT2D eigenvalue weighted by Gasteiger charge is -2.22. The van der Waals surface area contributed by atoms with E-state index in [-0.39, 0.29) is 19.1 Å². The fraction of sp³-hybridized carbons (Fsp3) is 0.130. The Balaban J connectivity index is 1.67. The molecule has 0 aliphatic heterocycles. The maximum Gasteiger partial charge on any atom is 0.254 e. The molecule has 4 rings (SSSR count). The van der Waals surface area contributed by atoms with Gasteiger partial charge in [-0.05, 0) is 23.8 Å². The van der Waals surface area contributed by atoms with Gasteiger partial charge in [0.1, 0.15) is 5.52 Å². The zero-order valence-corrected chi connectivity index (χ0v) is 15.3. The minimum atomic E-state index is -0.139. The highest BCUT2D eigenvalue weighted by Crippen LogP contribution is 2.29. The first-order valence-corrected chi connectivity index (χ1v) is 9.15. The highest BCUT2D eigenvalue weighted by Gasteiger charge is 2.18. The zero-order chi connectivity index (χ0) is 19.3. The van der Waals surface area contributed by atoms with Gasteiger partial charge in [-0.2, -0.15) is 0 Å². The summed E-state index contributed by atoms with van der Waals surface area (Å²) >= 11 is 0. The van der Waals surface area contributed by atoms with Crippen LogP contribution in [0.1, 0.15) is 15.9 Å². The molecule has 0 spiro atoms. The summed E-state index contributed by atoms with van der Waals surface area (Å²) in [6.07, 6.45) is 0. The zero-order valence-electron chi connectivity index (χ0n) is 15.3. The lowest BCUT2D eigenvalue weighted by Crippen LogP contribution is -2.33. The van der Waals surface area contributed by atoms with E-state index in [1.54, 1.807) is 17.0 Å². The minimum absolute atomic E-state index is 0.0939. The van der Waals surface area contributed by atoms with E-state index >= 15 is 0 Å². The van der Waals surface area contributed by atoms with Crippen LogP contribution in [0.2, 0.25) is 0 Å². The number of amides is 1. The van der Waals surface area contributed by atoms with E-state index in [0.717, 1.165) is 16.5 Å². The molecule has 1 N–H and O–H groups in total. The van der Waals surface area contributed by atoms with Crippen LogP contribution >= 0.6 is 0 Å². The first-order valence-electron chi connectivity index (χ1n) is 9.15. The molecule has 0 unspecified atom stereocenters. The van der Waals surface area contributed by atoms with Crippen molar-refractivity contribution in [3.05, 3.63) is 90.0 Å². The number of fused-ring (bicyclic) bond motifs is 1. The Morgan fingerprint density at radius 3 is 2.39 bits per heavy atom. The van der Waals surface area contributed by atoms with Gasteiger partial charge < -0.3 is 14.5 Å². The highest BCUT2D eigenvalue weighted by molar-refractivity contribution is 6.01. The van der Waals surface area contributed by atoms with Gasteiger partial charge in [0.15, 0.2) is 5.76 Å². The molecule has 3 aromatic carbocycles. The third-order valence-corrected chi connectivity index (χ3v) is 4.63. The number of hydrogen-bond acceptors (Lipinski definition) is 4. The molecule has 0 atom stereocenters. The van der Waals surface area contributed by atoms with Crippen molar-refractivity contribution in [2.45, 2.75) is 6.54 Å². The van der Waals surface area contributed by atoms with Crippen LogP contribution in [0.4, 0.5) is 0 Å². The van der Waals surface area contributed by atoms with E-state index in [0.29, 0.717) is 23.4 Å². The van der Waals surface area contributed by atoms with Crippen LogP contribution in [0.25, 0.3) is 22.2 Å². The van der Waals surface area contributed by atoms with Crippen molar-refractivity contribution in [3.63, 3.8) is 0 Å². The van der Waals surface area contributed by atoms with Crippen LogP contribution in [0.15, 0.2) is 83.4 Å². The van der Waals surface area contributed by atoms with Crippen LogP contribution in [0.5, 0.6) is 0 Å². The highest BCUT2D eigenvalue weighted by atomic mass is 16.5. The van der Waals surface area contributed by atoms with Crippen LogP contribution in [0.3, 0.4) is 0 Å². The first-order chi connectivity index (χ1) is 13.8. The second kappa shape index (κ2) is 8.06. The van der Waals surface area contributed by atoms with E-state index in [9.17, 15) is 9.90 Å². The lowest BCUT2D eigenvalue weighted by atomic mass is 10.1. The molecular formula is C23H20N2O3. The molecule has 0 saturated carbocycles. The van der Waals surface area contributed by atoms with Crippen molar-refractivity contribution in [2.24, 2.45) is 0 Å². The van der Waals surface area contributed by atoms with Gasteiger partial charge in [-0.25, -0.2) is 0 Å². The average Bonchev–Trinajstić information content (AvgIpc) is 3.17. The smallest absolute Gasteiger partial charge is 0.254 e. The van der Waals surface area contributed by atoms with Crippen molar-refractivity contribution in [1.29, 1.82) is 0 Å². The number of rotatable bonds is 6. The number of aliphatic hydroxyl groups is 1. The van der Waals surface area contributed by atoms with E-state index in [1.165, 1.54) is 0 Å². The molecule has 0 aliphatic rings. The molecule has 1 aromatic heterocycles. The normalized spacial score (nSPS) is 10.9. The van der Waals surface area contributed by atoms with Gasteiger partial charge in [-0.1, -0.05) is 65.8 Å². The summed E-state index contributed by atoms with van der Waals surface area (Å²) in [7, 11) is 0. The second-order valence-corrected chi connectivity index (χ2v) is 6.55. The van der Waals surface area contributed by atoms with E-state index < -0.39 is 0 Å². The number of carbonyl (C=O) groups excluding carboxylic acids is 1. The molecule has 5 heteroatoms. The predicted molar refractivity (Wildman–Crippen MR) is 108 cm³/mol. The number of nitrogens with zero attached hydrogens (tertiary/aromatic N) is 2. The Kier molecular flexibility index (Phi) is 5.17. The predicted octanol–water partition coefficient (Wildman–Crippen LogP) is 4.13. The number of aliphatic hydroxyl groups excluding tert-OH is 1. The van der Waals surface area contributed by atoms with Crippen LogP contribution < -0.4 is 0 Å². The molecule has 28 heavy (non-hydrogen) atoms. The molecule has 0 aliphatic carbocycles. The van der Waals surface area contributed by atoms with Gasteiger partial charge in [-0.3, -0.25) is 4.79 Å². The van der Waals surface area contributed by atoms with Gasteiger partial charge in [0.05, 0.1) is 12.0 Å². The summed E-state index contributed by atoms with van der Waals surface area (Å²) in [6, 6.07) is 24.8. The van der Waals surface area contributed by atoms with Crippen molar-refractivity contribution >= 4 is 16.8 Å². The molecule has 0 bridgehead atoms. The Morgan fingerprint density at radius 2 is 1.68 bits per heavy atom. The maximum absolute atomic E-state index is 13.1. The number of aromatic nitrogens is 1. The van der Waals surface area contributed by atoms with Crippen molar-refractivity contribution in [2.75, 3.05) is 13.2 Å². The fourth-order valence-electron chi connectivity index (χ4n) is 3.23. The molecule has 1 heterocycles. The quantitative estimate of drug-likeness (QED) is 0.553.